The third-order valence-corrected chi connectivity index (χ3v) is 2.51. The normalized spacial score (nSPS) is 10.2. The molecule has 0 bridgehead atoms. The van der Waals surface area contributed by atoms with Crippen molar-refractivity contribution in [2.24, 2.45) is 11.5 Å². The molecule has 14 heavy (non-hydrogen) atoms. The van der Waals surface area contributed by atoms with Gasteiger partial charge in [0.15, 0.2) is 0 Å². The van der Waals surface area contributed by atoms with E-state index >= 15 is 0 Å². The number of hydrogen-bond donors (Lipinski definition) is 2. The van der Waals surface area contributed by atoms with Crippen LogP contribution in [0.25, 0.3) is 0 Å². The van der Waals surface area contributed by atoms with Crippen molar-refractivity contribution >= 4 is 28.4 Å². The van der Waals surface area contributed by atoms with Crippen LogP contribution in [0.3, 0.4) is 0 Å². The Labute approximate surface area is 97.0 Å². The Bertz CT molecular complexity index is 274. The van der Waals surface area contributed by atoms with Gasteiger partial charge in [-0.3, -0.25) is 0 Å². The van der Waals surface area contributed by atoms with Gasteiger partial charge in [0.05, 0.1) is 3.57 Å². The zero-order chi connectivity index (χ0) is 10.4. The van der Waals surface area contributed by atoms with E-state index in [2.05, 4.69) is 37.5 Å². The van der Waals surface area contributed by atoms with Gasteiger partial charge in [-0.1, -0.05) is 0 Å². The van der Waals surface area contributed by atoms with Crippen molar-refractivity contribution in [1.82, 2.24) is 9.97 Å². The van der Waals surface area contributed by atoms with E-state index < -0.39 is 0 Å². The Morgan fingerprint density at radius 2 is 1.93 bits per heavy atom. The highest BCUT2D eigenvalue weighted by Gasteiger charge is 2.09. The highest BCUT2D eigenvalue weighted by Crippen LogP contribution is 2.16. The lowest BCUT2D eigenvalue weighted by Gasteiger charge is -2.22. The summed E-state index contributed by atoms with van der Waals surface area (Å²) in [5.74, 6) is 0.913. The molecule has 0 atom stereocenters. The van der Waals surface area contributed by atoms with Crippen LogP contribution in [0.4, 0.5) is 5.82 Å². The number of hydrogen-bond acceptors (Lipinski definition) is 5. The topological polar surface area (TPSA) is 81.1 Å². The minimum Gasteiger partial charge on any atom is -0.353 e. The second-order valence-electron chi connectivity index (χ2n) is 2.76. The Morgan fingerprint density at radius 1 is 1.29 bits per heavy atom. The Kier molecular flexibility index (Phi) is 5.05. The molecule has 78 valence electrons. The van der Waals surface area contributed by atoms with Crippen molar-refractivity contribution in [3.05, 3.63) is 16.1 Å². The standard InChI is InChI=1S/C8H14IN5/c9-7-5-12-6-13-8(7)14(3-1-10)4-2-11/h5-6H,1-4,10-11H2. The molecule has 0 saturated heterocycles. The number of halogens is 1. The maximum Gasteiger partial charge on any atom is 0.145 e. The van der Waals surface area contributed by atoms with E-state index in [1.165, 1.54) is 6.33 Å². The molecule has 0 radical (unpaired) electrons. The van der Waals surface area contributed by atoms with Crippen molar-refractivity contribution in [3.8, 4) is 0 Å². The smallest absolute Gasteiger partial charge is 0.145 e. The summed E-state index contributed by atoms with van der Waals surface area (Å²) in [7, 11) is 0. The Hall–Kier alpha value is -0.470. The van der Waals surface area contributed by atoms with Crippen LogP contribution in [0.15, 0.2) is 12.5 Å². The van der Waals surface area contributed by atoms with Gasteiger partial charge in [-0.25, -0.2) is 9.97 Å². The van der Waals surface area contributed by atoms with Gasteiger partial charge in [0.25, 0.3) is 0 Å². The first-order chi connectivity index (χ1) is 6.79. The van der Waals surface area contributed by atoms with Crippen molar-refractivity contribution in [2.45, 2.75) is 0 Å². The lowest BCUT2D eigenvalue weighted by molar-refractivity contribution is 0.765. The van der Waals surface area contributed by atoms with Crippen LogP contribution in [-0.2, 0) is 0 Å². The molecule has 0 aromatic carbocycles. The van der Waals surface area contributed by atoms with Gasteiger partial charge < -0.3 is 16.4 Å². The molecule has 1 heterocycles. The number of anilines is 1. The van der Waals surface area contributed by atoms with E-state index in [0.29, 0.717) is 13.1 Å². The molecule has 0 fully saturated rings. The average molecular weight is 307 g/mol. The lowest BCUT2D eigenvalue weighted by atomic mass is 10.4. The molecule has 0 aliphatic rings. The van der Waals surface area contributed by atoms with Crippen LogP contribution in [0, 0.1) is 3.57 Å². The molecule has 5 nitrogen and oxygen atoms in total. The van der Waals surface area contributed by atoms with Crippen LogP contribution in [0.2, 0.25) is 0 Å². The molecule has 0 saturated carbocycles. The summed E-state index contributed by atoms with van der Waals surface area (Å²) in [4.78, 5) is 10.2. The molecule has 0 aliphatic carbocycles. The van der Waals surface area contributed by atoms with Crippen LogP contribution in [0.5, 0.6) is 0 Å². The van der Waals surface area contributed by atoms with E-state index in [1.54, 1.807) is 6.20 Å². The molecule has 1 aromatic heterocycles. The fraction of sp³-hybridized carbons (Fsp3) is 0.500. The number of nitrogens with two attached hydrogens (primary N) is 2. The van der Waals surface area contributed by atoms with Gasteiger partial charge in [-0.2, -0.15) is 0 Å². The maximum absolute atomic E-state index is 5.52. The number of aromatic nitrogens is 2. The van der Waals surface area contributed by atoms with Crippen LogP contribution < -0.4 is 16.4 Å². The quantitative estimate of drug-likeness (QED) is 0.737. The van der Waals surface area contributed by atoms with Crippen molar-refractivity contribution in [3.63, 3.8) is 0 Å². The predicted molar refractivity (Wildman–Crippen MR) is 65.1 cm³/mol. The molecular formula is C8H14IN5. The highest BCUT2D eigenvalue weighted by atomic mass is 127. The first-order valence-electron chi connectivity index (χ1n) is 4.40. The highest BCUT2D eigenvalue weighted by molar-refractivity contribution is 14.1. The van der Waals surface area contributed by atoms with Crippen molar-refractivity contribution in [1.29, 1.82) is 0 Å². The van der Waals surface area contributed by atoms with Crippen LogP contribution in [-0.4, -0.2) is 36.1 Å². The second kappa shape index (κ2) is 6.10. The number of rotatable bonds is 5. The molecule has 6 heteroatoms. The summed E-state index contributed by atoms with van der Waals surface area (Å²) >= 11 is 2.21. The van der Waals surface area contributed by atoms with E-state index in [0.717, 1.165) is 22.5 Å². The molecule has 0 unspecified atom stereocenters. The van der Waals surface area contributed by atoms with Gasteiger partial charge >= 0.3 is 0 Å². The van der Waals surface area contributed by atoms with Crippen LogP contribution in [0.1, 0.15) is 0 Å². The summed E-state index contributed by atoms with van der Waals surface area (Å²) in [6.07, 6.45) is 3.32. The molecule has 1 rings (SSSR count). The van der Waals surface area contributed by atoms with E-state index in [9.17, 15) is 0 Å². The molecule has 0 spiro atoms. The number of nitrogens with zero attached hydrogens (tertiary/aromatic N) is 3. The van der Waals surface area contributed by atoms with Crippen molar-refractivity contribution < 1.29 is 0 Å². The lowest BCUT2D eigenvalue weighted by Crippen LogP contribution is -2.35. The Morgan fingerprint density at radius 3 is 2.43 bits per heavy atom. The first kappa shape index (κ1) is 11.6. The third kappa shape index (κ3) is 3.03. The van der Waals surface area contributed by atoms with E-state index in [1.807, 2.05) is 0 Å². The van der Waals surface area contributed by atoms with Gasteiger partial charge in [-0.15, -0.1) is 0 Å². The molecule has 0 aliphatic heterocycles. The van der Waals surface area contributed by atoms with Gasteiger partial charge in [0, 0.05) is 32.4 Å². The van der Waals surface area contributed by atoms with E-state index in [4.69, 9.17) is 11.5 Å². The van der Waals surface area contributed by atoms with Gasteiger partial charge in [0.1, 0.15) is 12.1 Å². The van der Waals surface area contributed by atoms with Gasteiger partial charge in [-0.05, 0) is 22.6 Å². The second-order valence-corrected chi connectivity index (χ2v) is 3.92. The minimum atomic E-state index is 0.597. The summed E-state index contributed by atoms with van der Waals surface area (Å²) in [5, 5.41) is 0. The van der Waals surface area contributed by atoms with E-state index in [-0.39, 0.29) is 0 Å². The largest absolute Gasteiger partial charge is 0.353 e. The monoisotopic (exact) mass is 307 g/mol. The minimum absolute atomic E-state index is 0.597. The predicted octanol–water partition coefficient (Wildman–Crippen LogP) is -0.195. The van der Waals surface area contributed by atoms with Gasteiger partial charge in [0.2, 0.25) is 0 Å². The first-order valence-corrected chi connectivity index (χ1v) is 5.48. The molecule has 1 aromatic rings. The zero-order valence-corrected chi connectivity index (χ0v) is 10.0. The third-order valence-electron chi connectivity index (χ3n) is 1.75. The SMILES string of the molecule is NCCN(CCN)c1ncncc1I. The maximum atomic E-state index is 5.52. The molecule has 4 N–H and O–H groups in total. The molecule has 0 amide bonds. The summed E-state index contributed by atoms with van der Waals surface area (Å²) in [6.45, 7) is 2.73. The Balaban J connectivity index is 2.81. The summed E-state index contributed by atoms with van der Waals surface area (Å²) in [5.41, 5.74) is 11.0. The fourth-order valence-electron chi connectivity index (χ4n) is 1.17. The molecular weight excluding hydrogens is 293 g/mol. The average Bonchev–Trinajstić information content (AvgIpc) is 2.18. The van der Waals surface area contributed by atoms with Crippen LogP contribution >= 0.6 is 22.6 Å². The summed E-state index contributed by atoms with van der Waals surface area (Å²) in [6, 6.07) is 0. The zero-order valence-electron chi connectivity index (χ0n) is 7.86. The summed E-state index contributed by atoms with van der Waals surface area (Å²) < 4.78 is 1.02. The van der Waals surface area contributed by atoms with Crippen molar-refractivity contribution in [2.75, 3.05) is 31.1 Å². The fourth-order valence-corrected chi connectivity index (χ4v) is 1.82.